The first-order valence-electron chi connectivity index (χ1n) is 4.05. The van der Waals surface area contributed by atoms with E-state index in [0.717, 1.165) is 0 Å². The Morgan fingerprint density at radius 3 is 2.50 bits per heavy atom. The lowest BCUT2D eigenvalue weighted by Gasteiger charge is -2.04. The van der Waals surface area contributed by atoms with Gasteiger partial charge in [-0.25, -0.2) is 9.44 Å². The molecule has 1 fully saturated rings. The van der Waals surface area contributed by atoms with Crippen LogP contribution in [0.2, 0.25) is 0 Å². The van der Waals surface area contributed by atoms with E-state index in [1.807, 2.05) is 0 Å². The zero-order valence-corrected chi connectivity index (χ0v) is 7.95. The molecule has 1 rings (SSSR count). The van der Waals surface area contributed by atoms with Crippen LogP contribution < -0.4 is 14.8 Å². The van der Waals surface area contributed by atoms with E-state index in [1.165, 1.54) is 19.9 Å². The Kier molecular flexibility index (Phi) is 3.45. The maximum atomic E-state index is 10.8. The van der Waals surface area contributed by atoms with Gasteiger partial charge in [0, 0.05) is 26.2 Å². The molecule has 0 unspecified atom stereocenters. The van der Waals surface area contributed by atoms with Crippen molar-refractivity contribution in [2.24, 2.45) is 0 Å². The molecule has 5 nitrogen and oxygen atoms in total. The van der Waals surface area contributed by atoms with Crippen molar-refractivity contribution >= 4 is 10.2 Å². The molecule has 12 heavy (non-hydrogen) atoms. The van der Waals surface area contributed by atoms with Gasteiger partial charge in [0.05, 0.1) is 0 Å². The number of rotatable bonds is 6. The predicted octanol–water partition coefficient (Wildman–Crippen LogP) is -1.21. The summed E-state index contributed by atoms with van der Waals surface area (Å²) in [5.41, 5.74) is 0. The SMILES string of the molecule is CNS(=O)(=O)NCCNC1CC1. The van der Waals surface area contributed by atoms with Gasteiger partial charge in [-0.1, -0.05) is 0 Å². The van der Waals surface area contributed by atoms with E-state index in [0.29, 0.717) is 19.1 Å². The molecule has 0 aliphatic heterocycles. The molecule has 3 N–H and O–H groups in total. The topological polar surface area (TPSA) is 70.2 Å². The summed E-state index contributed by atoms with van der Waals surface area (Å²) in [5.74, 6) is 0. The summed E-state index contributed by atoms with van der Waals surface area (Å²) in [6, 6.07) is 0.629. The number of nitrogens with one attached hydrogen (secondary N) is 3. The van der Waals surface area contributed by atoms with Crippen LogP contribution in [0.4, 0.5) is 0 Å². The Morgan fingerprint density at radius 2 is 2.00 bits per heavy atom. The number of hydrogen-bond donors (Lipinski definition) is 3. The molecule has 0 radical (unpaired) electrons. The highest BCUT2D eigenvalue weighted by Crippen LogP contribution is 2.17. The highest BCUT2D eigenvalue weighted by Gasteiger charge is 2.19. The molecule has 0 aromatic rings. The van der Waals surface area contributed by atoms with Crippen LogP contribution in [-0.4, -0.2) is 34.6 Å². The Morgan fingerprint density at radius 1 is 1.33 bits per heavy atom. The first-order chi connectivity index (χ1) is 5.64. The molecule has 0 amide bonds. The molecular formula is C6H15N3O2S. The van der Waals surface area contributed by atoms with Crippen molar-refractivity contribution < 1.29 is 8.42 Å². The molecule has 1 saturated carbocycles. The van der Waals surface area contributed by atoms with Crippen LogP contribution in [0.5, 0.6) is 0 Å². The Hall–Kier alpha value is -0.170. The number of hydrogen-bond acceptors (Lipinski definition) is 3. The van der Waals surface area contributed by atoms with Gasteiger partial charge in [-0.05, 0) is 12.8 Å². The minimum atomic E-state index is -3.24. The molecule has 6 heteroatoms. The van der Waals surface area contributed by atoms with Crippen molar-refractivity contribution in [1.82, 2.24) is 14.8 Å². The fourth-order valence-corrected chi connectivity index (χ4v) is 1.34. The summed E-state index contributed by atoms with van der Waals surface area (Å²) in [7, 11) is -1.85. The highest BCUT2D eigenvalue weighted by atomic mass is 32.2. The molecule has 0 saturated heterocycles. The first kappa shape index (κ1) is 9.91. The molecular weight excluding hydrogens is 178 g/mol. The van der Waals surface area contributed by atoms with Crippen molar-refractivity contribution in [2.75, 3.05) is 20.1 Å². The lowest BCUT2D eigenvalue weighted by molar-refractivity contribution is 0.567. The maximum Gasteiger partial charge on any atom is 0.276 e. The van der Waals surface area contributed by atoms with Crippen LogP contribution in [0.1, 0.15) is 12.8 Å². The van der Waals surface area contributed by atoms with Crippen molar-refractivity contribution in [1.29, 1.82) is 0 Å². The molecule has 0 spiro atoms. The zero-order valence-electron chi connectivity index (χ0n) is 7.13. The average Bonchev–Trinajstić information content (AvgIpc) is 2.82. The van der Waals surface area contributed by atoms with Gasteiger partial charge in [0.25, 0.3) is 10.2 Å². The van der Waals surface area contributed by atoms with E-state index >= 15 is 0 Å². The normalized spacial score (nSPS) is 18.1. The van der Waals surface area contributed by atoms with Gasteiger partial charge in [0.15, 0.2) is 0 Å². The van der Waals surface area contributed by atoms with Gasteiger partial charge in [0.2, 0.25) is 0 Å². The third kappa shape index (κ3) is 4.01. The molecule has 1 aliphatic carbocycles. The maximum absolute atomic E-state index is 10.8. The van der Waals surface area contributed by atoms with Gasteiger partial charge in [-0.3, -0.25) is 0 Å². The smallest absolute Gasteiger partial charge is 0.276 e. The second-order valence-electron chi connectivity index (χ2n) is 2.83. The molecule has 72 valence electrons. The molecule has 1 aliphatic rings. The van der Waals surface area contributed by atoms with E-state index in [4.69, 9.17) is 0 Å². The van der Waals surface area contributed by atoms with Gasteiger partial charge in [-0.15, -0.1) is 0 Å². The van der Waals surface area contributed by atoms with Gasteiger partial charge < -0.3 is 5.32 Å². The largest absolute Gasteiger partial charge is 0.313 e. The van der Waals surface area contributed by atoms with E-state index in [2.05, 4.69) is 14.8 Å². The predicted molar refractivity (Wildman–Crippen MR) is 47.0 cm³/mol. The van der Waals surface area contributed by atoms with Crippen molar-refractivity contribution in [3.63, 3.8) is 0 Å². The molecule has 0 atom stereocenters. The van der Waals surface area contributed by atoms with Crippen LogP contribution in [0, 0.1) is 0 Å². The lowest BCUT2D eigenvalue weighted by Crippen LogP contribution is -2.38. The third-order valence-electron chi connectivity index (χ3n) is 1.70. The standard InChI is InChI=1S/C6H15N3O2S/c1-7-12(10,11)9-5-4-8-6-2-3-6/h6-9H,2-5H2,1H3. The summed E-state index contributed by atoms with van der Waals surface area (Å²) in [6.07, 6.45) is 2.44. The third-order valence-corrected chi connectivity index (χ3v) is 2.82. The molecule has 0 heterocycles. The summed E-state index contributed by atoms with van der Waals surface area (Å²) in [6.45, 7) is 1.14. The fourth-order valence-electron chi connectivity index (χ4n) is 0.821. The molecule has 0 bridgehead atoms. The summed E-state index contributed by atoms with van der Waals surface area (Å²) >= 11 is 0. The molecule has 0 aromatic carbocycles. The van der Waals surface area contributed by atoms with Crippen LogP contribution in [-0.2, 0) is 10.2 Å². The lowest BCUT2D eigenvalue weighted by atomic mass is 10.6. The van der Waals surface area contributed by atoms with E-state index in [-0.39, 0.29) is 0 Å². The van der Waals surface area contributed by atoms with E-state index < -0.39 is 10.2 Å². The van der Waals surface area contributed by atoms with Crippen molar-refractivity contribution in [3.05, 3.63) is 0 Å². The molecule has 0 aromatic heterocycles. The van der Waals surface area contributed by atoms with Crippen LogP contribution in [0.25, 0.3) is 0 Å². The minimum Gasteiger partial charge on any atom is -0.313 e. The van der Waals surface area contributed by atoms with E-state index in [1.54, 1.807) is 0 Å². The van der Waals surface area contributed by atoms with Crippen molar-refractivity contribution in [3.8, 4) is 0 Å². The van der Waals surface area contributed by atoms with Crippen LogP contribution in [0.15, 0.2) is 0 Å². The first-order valence-corrected chi connectivity index (χ1v) is 5.54. The quantitative estimate of drug-likeness (QED) is 0.464. The van der Waals surface area contributed by atoms with Gasteiger partial charge in [-0.2, -0.15) is 8.42 Å². The summed E-state index contributed by atoms with van der Waals surface area (Å²) in [4.78, 5) is 0. The van der Waals surface area contributed by atoms with E-state index in [9.17, 15) is 8.42 Å². The minimum absolute atomic E-state index is 0.444. The Bertz CT molecular complexity index is 223. The second kappa shape index (κ2) is 4.18. The summed E-state index contributed by atoms with van der Waals surface area (Å²) in [5, 5.41) is 3.20. The Balaban J connectivity index is 2.00. The average molecular weight is 193 g/mol. The summed E-state index contributed by atoms with van der Waals surface area (Å²) < 4.78 is 26.2. The van der Waals surface area contributed by atoms with Crippen LogP contribution in [0.3, 0.4) is 0 Å². The second-order valence-corrected chi connectivity index (χ2v) is 4.53. The highest BCUT2D eigenvalue weighted by molar-refractivity contribution is 7.87. The van der Waals surface area contributed by atoms with Gasteiger partial charge >= 0.3 is 0 Å². The van der Waals surface area contributed by atoms with Crippen molar-refractivity contribution in [2.45, 2.75) is 18.9 Å². The van der Waals surface area contributed by atoms with Gasteiger partial charge in [0.1, 0.15) is 0 Å². The van der Waals surface area contributed by atoms with Crippen LogP contribution >= 0.6 is 0 Å². The fraction of sp³-hybridized carbons (Fsp3) is 1.00. The zero-order chi connectivity index (χ0) is 9.03. The Labute approximate surface area is 73.1 Å². The monoisotopic (exact) mass is 193 g/mol.